The highest BCUT2D eigenvalue weighted by molar-refractivity contribution is 7.80. The Hall–Kier alpha value is -0.180. The maximum absolute atomic E-state index is 12.2. The van der Waals surface area contributed by atoms with Crippen molar-refractivity contribution in [3.8, 4) is 0 Å². The van der Waals surface area contributed by atoms with Crippen molar-refractivity contribution >= 4 is 18.5 Å². The lowest BCUT2D eigenvalue weighted by Gasteiger charge is -2.36. The molecule has 0 aromatic rings. The summed E-state index contributed by atoms with van der Waals surface area (Å²) in [6.45, 7) is 10.8. The zero-order chi connectivity index (χ0) is 13.8. The predicted molar refractivity (Wildman–Crippen MR) is 81.1 cm³/mol. The van der Waals surface area contributed by atoms with E-state index < -0.39 is 0 Å². The smallest absolute Gasteiger partial charge is 0.222 e. The van der Waals surface area contributed by atoms with Gasteiger partial charge in [-0.15, -0.1) is 0 Å². The zero-order valence-corrected chi connectivity index (χ0v) is 13.4. The van der Waals surface area contributed by atoms with Crippen LogP contribution in [-0.4, -0.2) is 29.6 Å². The molecule has 1 rings (SSSR count). The Balaban J connectivity index is 2.73. The van der Waals surface area contributed by atoms with Gasteiger partial charge in [0.1, 0.15) is 0 Å². The molecular formula is C15H29NOS. The van der Waals surface area contributed by atoms with Crippen LogP contribution in [0.3, 0.4) is 0 Å². The molecule has 0 N–H and O–H groups in total. The van der Waals surface area contributed by atoms with E-state index in [2.05, 4.69) is 45.2 Å². The van der Waals surface area contributed by atoms with Gasteiger partial charge in [0.25, 0.3) is 0 Å². The maximum Gasteiger partial charge on any atom is 0.222 e. The van der Waals surface area contributed by atoms with Crippen molar-refractivity contribution in [2.45, 2.75) is 59.8 Å². The SMILES string of the molecule is CCC(CC)(CS)CN1CCC(C)(C)CCC1=O. The van der Waals surface area contributed by atoms with Crippen molar-refractivity contribution < 1.29 is 4.79 Å². The van der Waals surface area contributed by atoms with Gasteiger partial charge in [-0.1, -0.05) is 27.7 Å². The molecule has 0 radical (unpaired) electrons. The number of hydrogen-bond acceptors (Lipinski definition) is 2. The van der Waals surface area contributed by atoms with Gasteiger partial charge in [-0.05, 0) is 42.3 Å². The third-order valence-electron chi connectivity index (χ3n) is 4.79. The maximum atomic E-state index is 12.2. The second-order valence-corrected chi connectivity index (χ2v) is 6.91. The van der Waals surface area contributed by atoms with Crippen molar-refractivity contribution in [1.82, 2.24) is 4.90 Å². The molecule has 0 atom stereocenters. The molecule has 2 nitrogen and oxygen atoms in total. The number of rotatable bonds is 5. The zero-order valence-electron chi connectivity index (χ0n) is 12.5. The normalized spacial score (nSPS) is 20.9. The van der Waals surface area contributed by atoms with Gasteiger partial charge in [0, 0.05) is 19.5 Å². The Morgan fingerprint density at radius 3 is 2.39 bits per heavy atom. The van der Waals surface area contributed by atoms with Gasteiger partial charge in [0.15, 0.2) is 0 Å². The molecule has 106 valence electrons. The van der Waals surface area contributed by atoms with Gasteiger partial charge >= 0.3 is 0 Å². The lowest BCUT2D eigenvalue weighted by Crippen LogP contribution is -2.42. The minimum absolute atomic E-state index is 0.202. The largest absolute Gasteiger partial charge is 0.342 e. The van der Waals surface area contributed by atoms with E-state index in [-0.39, 0.29) is 5.41 Å². The number of likely N-dealkylation sites (tertiary alicyclic amines) is 1. The molecule has 0 aliphatic carbocycles. The minimum Gasteiger partial charge on any atom is -0.342 e. The summed E-state index contributed by atoms with van der Waals surface area (Å²) in [7, 11) is 0. The molecule has 1 aliphatic rings. The number of thiol groups is 1. The summed E-state index contributed by atoms with van der Waals surface area (Å²) in [6, 6.07) is 0. The van der Waals surface area contributed by atoms with Crippen LogP contribution >= 0.6 is 12.6 Å². The molecule has 1 amide bonds. The number of nitrogens with zero attached hydrogens (tertiary/aromatic N) is 1. The van der Waals surface area contributed by atoms with Crippen LogP contribution in [0.4, 0.5) is 0 Å². The summed E-state index contributed by atoms with van der Waals surface area (Å²) in [6.07, 6.45) is 5.05. The molecule has 1 saturated heterocycles. The van der Waals surface area contributed by atoms with Crippen LogP contribution in [0.2, 0.25) is 0 Å². The van der Waals surface area contributed by atoms with Crippen molar-refractivity contribution in [3.63, 3.8) is 0 Å². The van der Waals surface area contributed by atoms with Gasteiger partial charge in [-0.25, -0.2) is 0 Å². The second kappa shape index (κ2) is 6.31. The van der Waals surface area contributed by atoms with Crippen LogP contribution in [0.5, 0.6) is 0 Å². The van der Waals surface area contributed by atoms with Crippen molar-refractivity contribution in [2.24, 2.45) is 10.8 Å². The number of hydrogen-bond donors (Lipinski definition) is 1. The summed E-state index contributed by atoms with van der Waals surface area (Å²) in [5.74, 6) is 1.21. The van der Waals surface area contributed by atoms with Gasteiger partial charge in [-0.2, -0.15) is 12.6 Å². The summed E-state index contributed by atoms with van der Waals surface area (Å²) in [4.78, 5) is 14.3. The first-order valence-corrected chi connectivity index (χ1v) is 7.90. The molecule has 1 heterocycles. The van der Waals surface area contributed by atoms with Gasteiger partial charge in [0.2, 0.25) is 5.91 Å². The monoisotopic (exact) mass is 271 g/mol. The first-order valence-electron chi connectivity index (χ1n) is 7.27. The highest BCUT2D eigenvalue weighted by atomic mass is 32.1. The standard InChI is InChI=1S/C15H29NOS/c1-5-15(6-2,12-18)11-16-10-9-14(3,4)8-7-13(16)17/h18H,5-12H2,1-4H3. The Kier molecular flexibility index (Phi) is 5.57. The van der Waals surface area contributed by atoms with Gasteiger partial charge in [0.05, 0.1) is 0 Å². The Morgan fingerprint density at radius 2 is 1.89 bits per heavy atom. The lowest BCUT2D eigenvalue weighted by atomic mass is 9.83. The highest BCUT2D eigenvalue weighted by Crippen LogP contribution is 2.34. The van der Waals surface area contributed by atoms with Gasteiger partial charge in [-0.3, -0.25) is 4.79 Å². The number of carbonyl (C=O) groups is 1. The lowest BCUT2D eigenvalue weighted by molar-refractivity contribution is -0.132. The van der Waals surface area contributed by atoms with E-state index in [0.29, 0.717) is 17.7 Å². The fourth-order valence-corrected chi connectivity index (χ4v) is 3.16. The Morgan fingerprint density at radius 1 is 1.28 bits per heavy atom. The van der Waals surface area contributed by atoms with Crippen LogP contribution in [0, 0.1) is 10.8 Å². The van der Waals surface area contributed by atoms with Crippen LogP contribution in [0.15, 0.2) is 0 Å². The van der Waals surface area contributed by atoms with Crippen molar-refractivity contribution in [2.75, 3.05) is 18.8 Å². The molecule has 0 bridgehead atoms. The molecule has 0 aromatic carbocycles. The molecule has 0 saturated carbocycles. The third kappa shape index (κ3) is 3.91. The van der Waals surface area contributed by atoms with E-state index in [1.54, 1.807) is 0 Å². The first-order chi connectivity index (χ1) is 8.38. The minimum atomic E-state index is 0.202. The average molecular weight is 271 g/mol. The topological polar surface area (TPSA) is 20.3 Å². The molecule has 0 aromatic heterocycles. The average Bonchev–Trinajstić information content (AvgIpc) is 2.48. The Labute approximate surface area is 118 Å². The highest BCUT2D eigenvalue weighted by Gasteiger charge is 2.33. The van der Waals surface area contributed by atoms with Crippen LogP contribution in [0.25, 0.3) is 0 Å². The summed E-state index contributed by atoms with van der Waals surface area (Å²) in [5, 5.41) is 0. The quantitative estimate of drug-likeness (QED) is 0.755. The third-order valence-corrected chi connectivity index (χ3v) is 5.46. The van der Waals surface area contributed by atoms with Crippen LogP contribution in [0.1, 0.15) is 59.8 Å². The van der Waals surface area contributed by atoms with E-state index >= 15 is 0 Å². The fourth-order valence-electron chi connectivity index (χ4n) is 2.61. The molecule has 3 heteroatoms. The van der Waals surface area contributed by atoms with E-state index in [0.717, 1.165) is 44.5 Å². The van der Waals surface area contributed by atoms with E-state index in [1.165, 1.54) is 0 Å². The van der Waals surface area contributed by atoms with E-state index in [9.17, 15) is 4.79 Å². The molecule has 0 unspecified atom stereocenters. The second-order valence-electron chi connectivity index (χ2n) is 6.59. The number of amides is 1. The van der Waals surface area contributed by atoms with Crippen molar-refractivity contribution in [3.05, 3.63) is 0 Å². The van der Waals surface area contributed by atoms with Crippen LogP contribution < -0.4 is 0 Å². The summed E-state index contributed by atoms with van der Waals surface area (Å²) >= 11 is 4.51. The van der Waals surface area contributed by atoms with Crippen molar-refractivity contribution in [1.29, 1.82) is 0 Å². The fraction of sp³-hybridized carbons (Fsp3) is 0.933. The molecule has 0 spiro atoms. The summed E-state index contributed by atoms with van der Waals surface area (Å²) in [5.41, 5.74) is 0.514. The Bertz CT molecular complexity index is 276. The molecule has 18 heavy (non-hydrogen) atoms. The molecule has 1 fully saturated rings. The van der Waals surface area contributed by atoms with Gasteiger partial charge < -0.3 is 4.90 Å². The van der Waals surface area contributed by atoms with E-state index in [4.69, 9.17) is 0 Å². The van der Waals surface area contributed by atoms with Crippen LogP contribution in [-0.2, 0) is 4.79 Å². The molecule has 1 aliphatic heterocycles. The summed E-state index contributed by atoms with van der Waals surface area (Å²) < 4.78 is 0. The first kappa shape index (κ1) is 15.9. The van der Waals surface area contributed by atoms with E-state index in [1.807, 2.05) is 0 Å². The number of carbonyl (C=O) groups excluding carboxylic acids is 1. The predicted octanol–water partition coefficient (Wildman–Crippen LogP) is 3.76. The molecular weight excluding hydrogens is 242 g/mol.